The van der Waals surface area contributed by atoms with Gasteiger partial charge in [0.15, 0.2) is 11.5 Å². The largest absolute Gasteiger partial charge is 0.383 e. The lowest BCUT2D eigenvalue weighted by Gasteiger charge is -2.11. The lowest BCUT2D eigenvalue weighted by atomic mass is 10.1. The third-order valence-electron chi connectivity index (χ3n) is 5.08. The molecule has 7 heteroatoms. The summed E-state index contributed by atoms with van der Waals surface area (Å²) < 4.78 is 16.3. The highest BCUT2D eigenvalue weighted by Gasteiger charge is 2.19. The van der Waals surface area contributed by atoms with E-state index in [0.717, 1.165) is 11.3 Å². The van der Waals surface area contributed by atoms with E-state index in [4.69, 9.17) is 27.3 Å². The molecule has 166 valence electrons. The van der Waals surface area contributed by atoms with Crippen molar-refractivity contribution in [2.24, 2.45) is 0 Å². The maximum absolute atomic E-state index is 14.4. The van der Waals surface area contributed by atoms with Crippen LogP contribution in [0, 0.1) is 5.82 Å². The number of anilines is 1. The van der Waals surface area contributed by atoms with Gasteiger partial charge in [0, 0.05) is 23.3 Å². The Labute approximate surface area is 196 Å². The van der Waals surface area contributed by atoms with Crippen LogP contribution < -0.4 is 5.73 Å². The lowest BCUT2D eigenvalue weighted by molar-refractivity contribution is 0.631. The second-order valence-electron chi connectivity index (χ2n) is 7.03. The van der Waals surface area contributed by atoms with Gasteiger partial charge in [0.25, 0.3) is 0 Å². The molecule has 5 aromatic rings. The first-order valence-electron chi connectivity index (χ1n) is 10.7. The molecule has 5 nitrogen and oxygen atoms in total. The molecule has 0 atom stereocenters. The van der Waals surface area contributed by atoms with Crippen molar-refractivity contribution in [2.75, 3.05) is 5.73 Å². The second-order valence-corrected chi connectivity index (χ2v) is 7.29. The average Bonchev–Trinajstić information content (AvgIpc) is 3.24. The van der Waals surface area contributed by atoms with Crippen molar-refractivity contribution in [1.29, 1.82) is 0 Å². The quantitative estimate of drug-likeness (QED) is 0.306. The van der Waals surface area contributed by atoms with Crippen molar-refractivity contribution < 1.29 is 4.39 Å². The minimum Gasteiger partial charge on any atom is -0.383 e. The van der Waals surface area contributed by atoms with Crippen LogP contribution in [0.1, 0.15) is 19.4 Å². The molecular formula is C26H23ClFN5. The molecule has 3 aromatic heterocycles. The predicted octanol–water partition coefficient (Wildman–Crippen LogP) is 6.64. The average molecular weight is 460 g/mol. The zero-order valence-corrected chi connectivity index (χ0v) is 19.1. The summed E-state index contributed by atoms with van der Waals surface area (Å²) >= 11 is 5.96. The number of nitrogens with two attached hydrogens (primary N) is 1. The Morgan fingerprint density at radius 3 is 2.30 bits per heavy atom. The van der Waals surface area contributed by atoms with Gasteiger partial charge in [0.05, 0.1) is 11.3 Å². The third kappa shape index (κ3) is 4.30. The van der Waals surface area contributed by atoms with E-state index >= 15 is 0 Å². The lowest BCUT2D eigenvalue weighted by Crippen LogP contribution is -2.02. The van der Waals surface area contributed by atoms with E-state index in [1.165, 1.54) is 6.07 Å². The van der Waals surface area contributed by atoms with Gasteiger partial charge in [-0.15, -0.1) is 11.6 Å². The maximum Gasteiger partial charge on any atom is 0.165 e. The fraction of sp³-hybridized carbons (Fsp3) is 0.115. The number of nitrogen functional groups attached to an aromatic ring is 1. The van der Waals surface area contributed by atoms with Crippen LogP contribution >= 0.6 is 11.6 Å². The predicted molar refractivity (Wildman–Crippen MR) is 133 cm³/mol. The molecule has 0 aliphatic heterocycles. The fourth-order valence-corrected chi connectivity index (χ4v) is 3.72. The molecular weight excluding hydrogens is 437 g/mol. The number of nitrogens with zero attached hydrogens (tertiary/aromatic N) is 4. The van der Waals surface area contributed by atoms with E-state index in [2.05, 4.69) is 4.98 Å². The number of benzene rings is 2. The van der Waals surface area contributed by atoms with Crippen molar-refractivity contribution in [3.8, 4) is 28.3 Å². The van der Waals surface area contributed by atoms with Crippen LogP contribution in [0.25, 0.3) is 39.5 Å². The summed E-state index contributed by atoms with van der Waals surface area (Å²) in [7, 11) is 0. The van der Waals surface area contributed by atoms with Crippen LogP contribution in [-0.2, 0) is 5.88 Å². The topological polar surface area (TPSA) is 69.6 Å². The van der Waals surface area contributed by atoms with Crippen LogP contribution in [-0.4, -0.2) is 19.5 Å². The summed E-state index contributed by atoms with van der Waals surface area (Å²) in [5, 5.41) is 0. The van der Waals surface area contributed by atoms with E-state index in [1.807, 2.05) is 60.9 Å². The molecule has 0 saturated carbocycles. The Morgan fingerprint density at radius 2 is 1.61 bits per heavy atom. The van der Waals surface area contributed by atoms with Crippen molar-refractivity contribution in [2.45, 2.75) is 19.7 Å². The zero-order valence-electron chi connectivity index (χ0n) is 18.3. The summed E-state index contributed by atoms with van der Waals surface area (Å²) in [5.41, 5.74) is 10.9. The van der Waals surface area contributed by atoms with Gasteiger partial charge in [0.2, 0.25) is 0 Å². The SMILES string of the molecule is CC.Nc1ncccc1-c1nc2ccc(-c3ccccc3F)nc2n1-c1ccc(CCl)cc1. The highest BCUT2D eigenvalue weighted by molar-refractivity contribution is 6.17. The Bertz CT molecular complexity index is 1400. The summed E-state index contributed by atoms with van der Waals surface area (Å²) in [6.07, 6.45) is 1.63. The Balaban J connectivity index is 0.00000126. The number of rotatable bonds is 4. The van der Waals surface area contributed by atoms with Gasteiger partial charge in [-0.1, -0.05) is 38.1 Å². The third-order valence-corrected chi connectivity index (χ3v) is 5.39. The zero-order chi connectivity index (χ0) is 23.4. The van der Waals surface area contributed by atoms with Crippen molar-refractivity contribution >= 4 is 28.6 Å². The van der Waals surface area contributed by atoms with Gasteiger partial charge in [0.1, 0.15) is 17.2 Å². The monoisotopic (exact) mass is 459 g/mol. The van der Waals surface area contributed by atoms with Gasteiger partial charge >= 0.3 is 0 Å². The normalized spacial score (nSPS) is 10.7. The summed E-state index contributed by atoms with van der Waals surface area (Å²) in [6, 6.07) is 21.7. The Kier molecular flexibility index (Phi) is 6.66. The number of alkyl halides is 1. The molecule has 2 aromatic carbocycles. The number of imidazole rings is 1. The number of hydrogen-bond acceptors (Lipinski definition) is 4. The Hall–Kier alpha value is -3.77. The first kappa shape index (κ1) is 22.4. The van der Waals surface area contributed by atoms with Gasteiger partial charge in [-0.2, -0.15) is 0 Å². The molecule has 0 fully saturated rings. The summed E-state index contributed by atoms with van der Waals surface area (Å²) in [6.45, 7) is 4.00. The first-order chi connectivity index (χ1) is 16.2. The van der Waals surface area contributed by atoms with E-state index in [9.17, 15) is 4.39 Å². The van der Waals surface area contributed by atoms with Gasteiger partial charge in [-0.25, -0.2) is 19.3 Å². The first-order valence-corrected chi connectivity index (χ1v) is 11.2. The molecule has 33 heavy (non-hydrogen) atoms. The molecule has 2 N–H and O–H groups in total. The van der Waals surface area contributed by atoms with Crippen LogP contribution in [0.5, 0.6) is 0 Å². The number of aromatic nitrogens is 4. The van der Waals surface area contributed by atoms with E-state index in [1.54, 1.807) is 30.5 Å². The minimum atomic E-state index is -0.330. The van der Waals surface area contributed by atoms with E-state index < -0.39 is 0 Å². The number of halogens is 2. The maximum atomic E-state index is 14.4. The van der Waals surface area contributed by atoms with E-state index in [0.29, 0.717) is 45.5 Å². The summed E-state index contributed by atoms with van der Waals surface area (Å²) in [5.74, 6) is 1.06. The van der Waals surface area contributed by atoms with Crippen LogP contribution in [0.2, 0.25) is 0 Å². The van der Waals surface area contributed by atoms with Crippen LogP contribution in [0.4, 0.5) is 10.2 Å². The molecule has 0 amide bonds. The van der Waals surface area contributed by atoms with Gasteiger partial charge < -0.3 is 5.73 Å². The molecule has 0 aliphatic carbocycles. The van der Waals surface area contributed by atoms with Crippen molar-refractivity contribution in [3.63, 3.8) is 0 Å². The highest BCUT2D eigenvalue weighted by atomic mass is 35.5. The molecule has 0 radical (unpaired) electrons. The highest BCUT2D eigenvalue weighted by Crippen LogP contribution is 2.32. The van der Waals surface area contributed by atoms with Gasteiger partial charge in [-0.05, 0) is 54.1 Å². The van der Waals surface area contributed by atoms with Crippen LogP contribution in [0.15, 0.2) is 79.0 Å². The summed E-state index contributed by atoms with van der Waals surface area (Å²) in [4.78, 5) is 13.8. The molecule has 0 unspecified atom stereocenters. The standard InChI is InChI=1S/C24H17ClFN5.C2H6/c25-14-15-7-9-16(10-8-15)31-23(18-5-3-13-28-22(18)27)30-21-12-11-20(29-24(21)31)17-4-1-2-6-19(17)26;1-2/h1-13H,14H2,(H2,27,28);1-2H3. The molecule has 0 saturated heterocycles. The van der Waals surface area contributed by atoms with E-state index in [-0.39, 0.29) is 5.82 Å². The molecule has 0 bridgehead atoms. The Morgan fingerprint density at radius 1 is 0.879 bits per heavy atom. The van der Waals surface area contributed by atoms with Gasteiger partial charge in [-0.3, -0.25) is 4.57 Å². The fourth-order valence-electron chi connectivity index (χ4n) is 3.54. The van der Waals surface area contributed by atoms with Crippen molar-refractivity contribution in [3.05, 3.63) is 90.4 Å². The number of fused-ring (bicyclic) bond motifs is 1. The smallest absolute Gasteiger partial charge is 0.165 e. The number of hydrogen-bond donors (Lipinski definition) is 1. The molecule has 0 spiro atoms. The molecule has 3 heterocycles. The number of pyridine rings is 2. The molecule has 5 rings (SSSR count). The second kappa shape index (κ2) is 9.79. The molecule has 0 aliphatic rings. The van der Waals surface area contributed by atoms with Crippen molar-refractivity contribution in [1.82, 2.24) is 19.5 Å². The van der Waals surface area contributed by atoms with Crippen LogP contribution in [0.3, 0.4) is 0 Å². The minimum absolute atomic E-state index is 0.330.